The first-order chi connectivity index (χ1) is 6.52. The lowest BCUT2D eigenvalue weighted by atomic mass is 10.5. The Hall–Kier alpha value is -0.140. The second-order valence-electron chi connectivity index (χ2n) is 2.43. The van der Waals surface area contributed by atoms with Crippen molar-refractivity contribution in [2.24, 2.45) is 0 Å². The van der Waals surface area contributed by atoms with Gasteiger partial charge in [-0.1, -0.05) is 0 Å². The zero-order chi connectivity index (χ0) is 11.0. The average molecular weight is 229 g/mol. The Bertz CT molecular complexity index is 144. The second kappa shape index (κ2) is 8.19. The van der Waals surface area contributed by atoms with Crippen LogP contribution in [0.5, 0.6) is 0 Å². The molecule has 0 radical (unpaired) electrons. The van der Waals surface area contributed by atoms with Crippen LogP contribution in [-0.4, -0.2) is 46.2 Å². The van der Waals surface area contributed by atoms with Gasteiger partial charge in [-0.15, -0.1) is 9.05 Å². The van der Waals surface area contributed by atoms with Gasteiger partial charge in [0.15, 0.2) is 12.6 Å². The fraction of sp³-hybridized carbons (Fsp3) is 1.00. The topological polar surface area (TPSA) is 116 Å². The summed E-state index contributed by atoms with van der Waals surface area (Å²) in [5.41, 5.74) is 0. The van der Waals surface area contributed by atoms with Crippen LogP contribution in [-0.2, 0) is 13.6 Å². The van der Waals surface area contributed by atoms with Crippen molar-refractivity contribution in [3.05, 3.63) is 0 Å². The van der Waals surface area contributed by atoms with Crippen LogP contribution in [0.1, 0.15) is 12.8 Å². The summed E-state index contributed by atoms with van der Waals surface area (Å²) in [5.74, 6) is 0. The Labute approximate surface area is 81.8 Å². The molecular weight excluding hydrogens is 215 g/mol. The van der Waals surface area contributed by atoms with Crippen molar-refractivity contribution in [1.29, 1.82) is 0 Å². The van der Waals surface area contributed by atoms with Gasteiger partial charge in [0, 0.05) is 17.4 Å². The van der Waals surface area contributed by atoms with Crippen molar-refractivity contribution in [1.82, 2.24) is 0 Å². The molecule has 4 N–H and O–H groups in total. The summed E-state index contributed by atoms with van der Waals surface area (Å²) < 4.78 is 19.9. The Kier molecular flexibility index (Phi) is 8.11. The van der Waals surface area contributed by atoms with E-state index in [1.165, 1.54) is 0 Å². The Morgan fingerprint density at radius 1 is 0.929 bits per heavy atom. The summed E-state index contributed by atoms with van der Waals surface area (Å²) in [6.45, 7) is -0.205. The van der Waals surface area contributed by atoms with E-state index in [2.05, 4.69) is 9.05 Å². The molecule has 7 nitrogen and oxygen atoms in total. The molecule has 0 aromatic rings. The van der Waals surface area contributed by atoms with E-state index in [0.29, 0.717) is 0 Å². The summed E-state index contributed by atoms with van der Waals surface area (Å²) in [6.07, 6.45) is -3.13. The first-order valence-corrected chi connectivity index (χ1v) is 5.07. The van der Waals surface area contributed by atoms with Crippen molar-refractivity contribution >= 4 is 8.25 Å². The predicted octanol–water partition coefficient (Wildman–Crippen LogP) is -0.921. The lowest BCUT2D eigenvalue weighted by Crippen LogP contribution is -2.08. The molecule has 0 fully saturated rings. The van der Waals surface area contributed by atoms with Gasteiger partial charge in [0.25, 0.3) is 0 Å². The first-order valence-electron chi connectivity index (χ1n) is 3.97. The smallest absolute Gasteiger partial charge is 0.368 e. The van der Waals surface area contributed by atoms with Gasteiger partial charge in [-0.25, -0.2) is 0 Å². The molecule has 0 heterocycles. The zero-order valence-corrected chi connectivity index (χ0v) is 8.34. The molecule has 0 bridgehead atoms. The zero-order valence-electron chi connectivity index (χ0n) is 7.44. The largest absolute Gasteiger partial charge is 0.697 e. The van der Waals surface area contributed by atoms with Crippen molar-refractivity contribution in [2.45, 2.75) is 25.4 Å². The van der Waals surface area contributed by atoms with Crippen LogP contribution in [0.4, 0.5) is 0 Å². The maximum Gasteiger partial charge on any atom is 0.697 e. The number of aliphatic hydroxyl groups excluding tert-OH is 2. The Morgan fingerprint density at radius 2 is 1.29 bits per heavy atom. The van der Waals surface area contributed by atoms with Crippen molar-refractivity contribution in [3.63, 3.8) is 0 Å². The molecule has 0 aliphatic heterocycles. The standard InChI is InChI=1S/C6H14O7P/c7-5(8)1-3-12-14(11)13-4-2-6(9)10/h5-10H,1-4H2/q+1. The monoisotopic (exact) mass is 229 g/mol. The van der Waals surface area contributed by atoms with Crippen LogP contribution >= 0.6 is 8.25 Å². The van der Waals surface area contributed by atoms with E-state index in [0.717, 1.165) is 0 Å². The molecule has 0 rings (SSSR count). The average Bonchev–Trinajstić information content (AvgIpc) is 2.02. The van der Waals surface area contributed by atoms with Crippen LogP contribution in [0, 0.1) is 0 Å². The predicted molar refractivity (Wildman–Crippen MR) is 45.2 cm³/mol. The molecule has 0 unspecified atom stereocenters. The Morgan fingerprint density at radius 3 is 1.57 bits per heavy atom. The van der Waals surface area contributed by atoms with E-state index in [9.17, 15) is 4.57 Å². The third-order valence-corrected chi connectivity index (χ3v) is 1.93. The molecule has 0 aromatic heterocycles. The van der Waals surface area contributed by atoms with Gasteiger partial charge in [-0.05, 0) is 0 Å². The number of rotatable bonds is 8. The van der Waals surface area contributed by atoms with Gasteiger partial charge in [-0.2, -0.15) is 0 Å². The third-order valence-electron chi connectivity index (χ3n) is 1.15. The Balaban J connectivity index is 3.28. The van der Waals surface area contributed by atoms with E-state index < -0.39 is 20.8 Å². The maximum absolute atomic E-state index is 10.8. The van der Waals surface area contributed by atoms with Crippen LogP contribution < -0.4 is 0 Å². The van der Waals surface area contributed by atoms with Gasteiger partial charge < -0.3 is 20.4 Å². The molecule has 14 heavy (non-hydrogen) atoms. The third kappa shape index (κ3) is 9.94. The highest BCUT2D eigenvalue weighted by Crippen LogP contribution is 2.24. The van der Waals surface area contributed by atoms with Gasteiger partial charge in [-0.3, -0.25) is 0 Å². The van der Waals surface area contributed by atoms with Gasteiger partial charge >= 0.3 is 8.25 Å². The van der Waals surface area contributed by atoms with Crippen molar-refractivity contribution in [3.8, 4) is 0 Å². The molecule has 0 aliphatic rings. The molecular formula is C6H14O7P+. The van der Waals surface area contributed by atoms with Crippen LogP contribution in [0.2, 0.25) is 0 Å². The SMILES string of the molecule is O=[P+](OCCC(O)O)OCCC(O)O. The summed E-state index contributed by atoms with van der Waals surface area (Å²) >= 11 is 0. The van der Waals surface area contributed by atoms with Crippen LogP contribution in [0.25, 0.3) is 0 Å². The van der Waals surface area contributed by atoms with Gasteiger partial charge in [0.2, 0.25) is 0 Å². The minimum absolute atomic E-state index is 0.0624. The van der Waals surface area contributed by atoms with E-state index in [4.69, 9.17) is 20.4 Å². The molecule has 0 aromatic carbocycles. The summed E-state index contributed by atoms with van der Waals surface area (Å²) in [7, 11) is -2.34. The summed E-state index contributed by atoms with van der Waals surface area (Å²) in [4.78, 5) is 0. The fourth-order valence-electron chi connectivity index (χ4n) is 0.503. The highest BCUT2D eigenvalue weighted by Gasteiger charge is 2.20. The van der Waals surface area contributed by atoms with E-state index in [-0.39, 0.29) is 26.1 Å². The molecule has 0 amide bonds. The molecule has 0 aliphatic carbocycles. The highest BCUT2D eigenvalue weighted by molar-refractivity contribution is 7.33. The molecule has 8 heteroatoms. The second-order valence-corrected chi connectivity index (χ2v) is 3.39. The fourth-order valence-corrected chi connectivity index (χ4v) is 1.09. The van der Waals surface area contributed by atoms with E-state index >= 15 is 0 Å². The highest BCUT2D eigenvalue weighted by atomic mass is 31.1. The van der Waals surface area contributed by atoms with Crippen LogP contribution in [0.15, 0.2) is 0 Å². The lowest BCUT2D eigenvalue weighted by Gasteiger charge is -1.98. The quantitative estimate of drug-likeness (QED) is 0.314. The maximum atomic E-state index is 10.8. The van der Waals surface area contributed by atoms with Gasteiger partial charge in [0.1, 0.15) is 13.2 Å². The van der Waals surface area contributed by atoms with E-state index in [1.54, 1.807) is 0 Å². The number of hydrogen-bond acceptors (Lipinski definition) is 7. The number of hydrogen-bond donors (Lipinski definition) is 4. The molecule has 0 atom stereocenters. The lowest BCUT2D eigenvalue weighted by molar-refractivity contribution is -0.0547. The van der Waals surface area contributed by atoms with Crippen molar-refractivity contribution in [2.75, 3.05) is 13.2 Å². The number of aliphatic hydroxyl groups is 4. The minimum atomic E-state index is -2.34. The van der Waals surface area contributed by atoms with Gasteiger partial charge in [0.05, 0.1) is 0 Å². The normalized spacial score (nSPS) is 11.3. The van der Waals surface area contributed by atoms with Crippen LogP contribution in [0.3, 0.4) is 0 Å². The molecule has 0 spiro atoms. The molecule has 0 saturated carbocycles. The summed E-state index contributed by atoms with van der Waals surface area (Å²) in [5, 5.41) is 33.6. The summed E-state index contributed by atoms with van der Waals surface area (Å²) in [6, 6.07) is 0. The minimum Gasteiger partial charge on any atom is -0.368 e. The van der Waals surface area contributed by atoms with Crippen molar-refractivity contribution < 1.29 is 34.0 Å². The molecule has 84 valence electrons. The van der Waals surface area contributed by atoms with E-state index in [1.807, 2.05) is 0 Å². The first kappa shape index (κ1) is 13.9. The molecule has 0 saturated heterocycles.